The smallest absolute Gasteiger partial charge is 0.330 e. The highest BCUT2D eigenvalue weighted by Gasteiger charge is 2.19. The van der Waals surface area contributed by atoms with E-state index in [1.807, 2.05) is 12.1 Å². The molecule has 1 unspecified atom stereocenters. The molecule has 1 atom stereocenters. The molecule has 1 aromatic rings. The Hall–Kier alpha value is -1.62. The number of carbonyl (C=O) groups excluding carboxylic acids is 1. The highest BCUT2D eigenvalue weighted by molar-refractivity contribution is 5.78. The number of ether oxygens (including phenoxy) is 1. The van der Waals surface area contributed by atoms with Gasteiger partial charge in [0.15, 0.2) is 0 Å². The van der Waals surface area contributed by atoms with Gasteiger partial charge >= 0.3 is 5.97 Å². The van der Waals surface area contributed by atoms with Crippen LogP contribution < -0.4 is 5.32 Å². The molecule has 1 aliphatic carbocycles. The number of pyridine rings is 1. The zero-order valence-electron chi connectivity index (χ0n) is 9.77. The Morgan fingerprint density at radius 1 is 1.59 bits per heavy atom. The SMILES string of the molecule is COC(=O)C(CO)Nc1ccc2c(n1)CCC2. The van der Waals surface area contributed by atoms with Crippen molar-refractivity contribution in [3.8, 4) is 0 Å². The maximum absolute atomic E-state index is 11.3. The minimum atomic E-state index is -0.757. The minimum Gasteiger partial charge on any atom is -0.467 e. The first-order chi connectivity index (χ1) is 8.24. The fraction of sp³-hybridized carbons (Fsp3) is 0.500. The van der Waals surface area contributed by atoms with Gasteiger partial charge < -0.3 is 15.2 Å². The molecule has 0 spiro atoms. The summed E-state index contributed by atoms with van der Waals surface area (Å²) in [5.41, 5.74) is 2.35. The van der Waals surface area contributed by atoms with E-state index in [4.69, 9.17) is 5.11 Å². The number of hydrogen-bond acceptors (Lipinski definition) is 5. The van der Waals surface area contributed by atoms with Crippen LogP contribution in [0.3, 0.4) is 0 Å². The number of aryl methyl sites for hydroxylation is 2. The number of hydrogen-bond donors (Lipinski definition) is 2. The van der Waals surface area contributed by atoms with Crippen molar-refractivity contribution in [1.29, 1.82) is 0 Å². The molecule has 5 nitrogen and oxygen atoms in total. The first-order valence-electron chi connectivity index (χ1n) is 5.68. The molecule has 17 heavy (non-hydrogen) atoms. The number of nitrogens with zero attached hydrogens (tertiary/aromatic N) is 1. The third-order valence-corrected chi connectivity index (χ3v) is 2.92. The number of carbonyl (C=O) groups is 1. The van der Waals surface area contributed by atoms with Gasteiger partial charge in [-0.2, -0.15) is 0 Å². The van der Waals surface area contributed by atoms with Crippen molar-refractivity contribution >= 4 is 11.8 Å². The fourth-order valence-corrected chi connectivity index (χ4v) is 2.00. The highest BCUT2D eigenvalue weighted by Crippen LogP contribution is 2.21. The summed E-state index contributed by atoms with van der Waals surface area (Å²) in [5.74, 6) is 0.116. The normalized spacial score (nSPS) is 15.2. The number of rotatable bonds is 4. The number of aromatic nitrogens is 1. The van der Waals surface area contributed by atoms with Crippen molar-refractivity contribution in [3.05, 3.63) is 23.4 Å². The van der Waals surface area contributed by atoms with E-state index in [2.05, 4.69) is 15.0 Å². The summed E-state index contributed by atoms with van der Waals surface area (Å²) in [4.78, 5) is 15.7. The van der Waals surface area contributed by atoms with Gasteiger partial charge in [0.05, 0.1) is 13.7 Å². The van der Waals surface area contributed by atoms with Crippen LogP contribution in [-0.2, 0) is 22.4 Å². The summed E-state index contributed by atoms with van der Waals surface area (Å²) < 4.78 is 4.58. The molecule has 2 rings (SSSR count). The summed E-state index contributed by atoms with van der Waals surface area (Å²) >= 11 is 0. The standard InChI is InChI=1S/C12H16N2O3/c1-17-12(16)10(7-15)14-11-6-5-8-3-2-4-9(8)13-11/h5-6,10,15H,2-4,7H2,1H3,(H,13,14). The predicted octanol–water partition coefficient (Wildman–Crippen LogP) is 0.516. The second-order valence-corrected chi connectivity index (χ2v) is 4.06. The van der Waals surface area contributed by atoms with Gasteiger partial charge in [-0.3, -0.25) is 0 Å². The van der Waals surface area contributed by atoms with Crippen LogP contribution in [0.15, 0.2) is 12.1 Å². The molecule has 0 radical (unpaired) electrons. The van der Waals surface area contributed by atoms with E-state index in [9.17, 15) is 4.79 Å². The molecule has 0 amide bonds. The van der Waals surface area contributed by atoms with Gasteiger partial charge in [0.25, 0.3) is 0 Å². The van der Waals surface area contributed by atoms with E-state index in [1.54, 1.807) is 0 Å². The van der Waals surface area contributed by atoms with Gasteiger partial charge in [0.1, 0.15) is 11.9 Å². The van der Waals surface area contributed by atoms with Gasteiger partial charge in [0, 0.05) is 5.69 Å². The van der Waals surface area contributed by atoms with Gasteiger partial charge in [-0.15, -0.1) is 0 Å². The predicted molar refractivity (Wildman–Crippen MR) is 62.8 cm³/mol. The Balaban J connectivity index is 2.10. The molecule has 1 heterocycles. The lowest BCUT2D eigenvalue weighted by molar-refractivity contribution is -0.142. The van der Waals surface area contributed by atoms with E-state index in [-0.39, 0.29) is 6.61 Å². The first-order valence-corrected chi connectivity index (χ1v) is 5.68. The van der Waals surface area contributed by atoms with Crippen LogP contribution in [0, 0.1) is 0 Å². The number of nitrogens with one attached hydrogen (secondary N) is 1. The van der Waals surface area contributed by atoms with E-state index >= 15 is 0 Å². The molecule has 5 heteroatoms. The first kappa shape index (κ1) is 11.9. The number of esters is 1. The zero-order valence-corrected chi connectivity index (χ0v) is 9.77. The van der Waals surface area contributed by atoms with Crippen LogP contribution in [-0.4, -0.2) is 35.8 Å². The van der Waals surface area contributed by atoms with E-state index < -0.39 is 12.0 Å². The molecule has 0 aromatic carbocycles. The molecular formula is C12H16N2O3. The van der Waals surface area contributed by atoms with E-state index in [1.165, 1.54) is 12.7 Å². The number of aliphatic hydroxyl groups is 1. The molecule has 0 saturated carbocycles. The fourth-order valence-electron chi connectivity index (χ4n) is 2.00. The van der Waals surface area contributed by atoms with Crippen LogP contribution in [0.1, 0.15) is 17.7 Å². The summed E-state index contributed by atoms with van der Waals surface area (Å²) in [6.45, 7) is -0.314. The van der Waals surface area contributed by atoms with E-state index in [0.717, 1.165) is 25.0 Å². The lowest BCUT2D eigenvalue weighted by Crippen LogP contribution is -2.34. The largest absolute Gasteiger partial charge is 0.467 e. The minimum absolute atomic E-state index is 0.314. The van der Waals surface area contributed by atoms with Crippen LogP contribution >= 0.6 is 0 Å². The topological polar surface area (TPSA) is 71.5 Å². The summed E-state index contributed by atoms with van der Waals surface area (Å²) in [5, 5.41) is 12.0. The number of anilines is 1. The third kappa shape index (κ3) is 2.55. The monoisotopic (exact) mass is 236 g/mol. The molecule has 0 saturated heterocycles. The Morgan fingerprint density at radius 2 is 2.41 bits per heavy atom. The van der Waals surface area contributed by atoms with Crippen molar-refractivity contribution in [3.63, 3.8) is 0 Å². The lowest BCUT2D eigenvalue weighted by Gasteiger charge is -2.14. The van der Waals surface area contributed by atoms with Crippen LogP contribution in [0.2, 0.25) is 0 Å². The average Bonchev–Trinajstić information content (AvgIpc) is 2.82. The second kappa shape index (κ2) is 5.14. The molecule has 0 fully saturated rings. The second-order valence-electron chi connectivity index (χ2n) is 4.06. The highest BCUT2D eigenvalue weighted by atomic mass is 16.5. The van der Waals surface area contributed by atoms with Gasteiger partial charge in [0.2, 0.25) is 0 Å². The van der Waals surface area contributed by atoms with Gasteiger partial charge in [-0.25, -0.2) is 9.78 Å². The maximum atomic E-state index is 11.3. The van der Waals surface area contributed by atoms with Crippen molar-refractivity contribution in [2.45, 2.75) is 25.3 Å². The lowest BCUT2D eigenvalue weighted by atomic mass is 10.2. The maximum Gasteiger partial charge on any atom is 0.330 e. The van der Waals surface area contributed by atoms with Crippen LogP contribution in [0.25, 0.3) is 0 Å². The Labute approximate surface area is 99.8 Å². The molecule has 1 aromatic heterocycles. The van der Waals surface area contributed by atoms with Crippen molar-refractivity contribution in [2.24, 2.45) is 0 Å². The molecule has 0 aliphatic heterocycles. The number of aliphatic hydroxyl groups excluding tert-OH is 1. The summed E-state index contributed by atoms with van der Waals surface area (Å²) in [7, 11) is 1.29. The number of fused-ring (bicyclic) bond motifs is 1. The third-order valence-electron chi connectivity index (χ3n) is 2.92. The summed E-state index contributed by atoms with van der Waals surface area (Å²) in [6.07, 6.45) is 3.18. The van der Waals surface area contributed by atoms with Gasteiger partial charge in [-0.05, 0) is 30.9 Å². The Bertz CT molecular complexity index is 420. The molecule has 0 bridgehead atoms. The van der Waals surface area contributed by atoms with Crippen molar-refractivity contribution < 1.29 is 14.6 Å². The molecular weight excluding hydrogens is 220 g/mol. The summed E-state index contributed by atoms with van der Waals surface area (Å²) in [6, 6.07) is 3.09. The molecule has 2 N–H and O–H groups in total. The quantitative estimate of drug-likeness (QED) is 0.746. The van der Waals surface area contributed by atoms with Gasteiger partial charge in [-0.1, -0.05) is 6.07 Å². The van der Waals surface area contributed by atoms with Crippen LogP contribution in [0.4, 0.5) is 5.82 Å². The van der Waals surface area contributed by atoms with Crippen molar-refractivity contribution in [2.75, 3.05) is 19.0 Å². The number of methoxy groups -OCH3 is 1. The van der Waals surface area contributed by atoms with Crippen LogP contribution in [0.5, 0.6) is 0 Å². The average molecular weight is 236 g/mol. The van der Waals surface area contributed by atoms with E-state index in [0.29, 0.717) is 5.82 Å². The van der Waals surface area contributed by atoms with Crippen molar-refractivity contribution in [1.82, 2.24) is 4.98 Å². The molecule has 1 aliphatic rings. The Kier molecular flexibility index (Phi) is 3.58. The Morgan fingerprint density at radius 3 is 3.12 bits per heavy atom. The molecule has 92 valence electrons. The zero-order chi connectivity index (χ0) is 12.3.